The Balaban J connectivity index is 1.89. The zero-order valence-electron chi connectivity index (χ0n) is 11.8. The maximum absolute atomic E-state index is 12.3. The fraction of sp³-hybridized carbons (Fsp3) is 0.571. The van der Waals surface area contributed by atoms with E-state index in [1.807, 2.05) is 25.1 Å². The molecule has 0 aliphatic carbocycles. The van der Waals surface area contributed by atoms with Crippen LogP contribution in [0.3, 0.4) is 0 Å². The van der Waals surface area contributed by atoms with Gasteiger partial charge in [-0.1, -0.05) is 6.07 Å². The highest BCUT2D eigenvalue weighted by molar-refractivity contribution is 7.85. The van der Waals surface area contributed by atoms with E-state index in [2.05, 4.69) is 16.8 Å². The van der Waals surface area contributed by atoms with Crippen molar-refractivity contribution in [2.75, 3.05) is 51.3 Å². The van der Waals surface area contributed by atoms with Crippen LogP contribution in [0.5, 0.6) is 0 Å². The summed E-state index contributed by atoms with van der Waals surface area (Å²) in [4.78, 5) is 5.60. The van der Waals surface area contributed by atoms with E-state index in [0.717, 1.165) is 43.2 Å². The molecule has 1 fully saturated rings. The number of hydrogen-bond donors (Lipinski definition) is 1. The van der Waals surface area contributed by atoms with Gasteiger partial charge in [-0.25, -0.2) is 0 Å². The lowest BCUT2D eigenvalue weighted by atomic mass is 10.2. The molecule has 1 unspecified atom stereocenters. The number of piperazine rings is 1. The lowest BCUT2D eigenvalue weighted by Crippen LogP contribution is -2.45. The van der Waals surface area contributed by atoms with Crippen molar-refractivity contribution in [3.05, 3.63) is 23.8 Å². The summed E-state index contributed by atoms with van der Waals surface area (Å²) in [6, 6.07) is 5.64. The molecule has 1 heterocycles. The minimum Gasteiger partial charge on any atom is -0.399 e. The minimum absolute atomic E-state index is 0.688. The van der Waals surface area contributed by atoms with Gasteiger partial charge in [0.25, 0.3) is 0 Å². The average molecular weight is 281 g/mol. The maximum Gasteiger partial charge on any atom is 0.0545 e. The van der Waals surface area contributed by atoms with Crippen molar-refractivity contribution in [3.8, 4) is 0 Å². The number of likely N-dealkylation sites (N-methyl/N-ethyl adjacent to an activating group) is 1. The second-order valence-corrected chi connectivity index (χ2v) is 6.76. The second kappa shape index (κ2) is 6.50. The first kappa shape index (κ1) is 14.5. The molecule has 1 atom stereocenters. The Bertz CT molecular complexity index is 456. The zero-order valence-corrected chi connectivity index (χ0v) is 12.6. The van der Waals surface area contributed by atoms with Crippen LogP contribution in [0.1, 0.15) is 5.56 Å². The van der Waals surface area contributed by atoms with Crippen molar-refractivity contribution in [1.82, 2.24) is 9.80 Å². The fourth-order valence-electron chi connectivity index (χ4n) is 2.26. The molecule has 4 nitrogen and oxygen atoms in total. The standard InChI is InChI=1S/C14H23N3OS/c1-12-3-4-13(15)11-14(12)19(18)10-9-17-7-5-16(2)6-8-17/h3-4,11H,5-10,15H2,1-2H3. The van der Waals surface area contributed by atoms with Gasteiger partial charge in [-0.2, -0.15) is 0 Å². The molecule has 2 N–H and O–H groups in total. The number of hydrogen-bond acceptors (Lipinski definition) is 4. The van der Waals surface area contributed by atoms with E-state index in [0.29, 0.717) is 11.4 Å². The summed E-state index contributed by atoms with van der Waals surface area (Å²) >= 11 is 0. The third-order valence-corrected chi connectivity index (χ3v) is 5.13. The Kier molecular flexibility index (Phi) is 4.96. The summed E-state index contributed by atoms with van der Waals surface area (Å²) in [5.74, 6) is 0.688. The molecule has 1 aromatic rings. The van der Waals surface area contributed by atoms with Crippen LogP contribution in [0.15, 0.2) is 23.1 Å². The molecule has 0 amide bonds. The molecular formula is C14H23N3OS. The van der Waals surface area contributed by atoms with E-state index in [9.17, 15) is 4.21 Å². The molecule has 0 aromatic heterocycles. The Morgan fingerprint density at radius 3 is 2.63 bits per heavy atom. The van der Waals surface area contributed by atoms with Crippen molar-refractivity contribution in [3.63, 3.8) is 0 Å². The van der Waals surface area contributed by atoms with Crippen molar-refractivity contribution < 1.29 is 4.21 Å². The second-order valence-electron chi connectivity index (χ2n) is 5.22. The van der Waals surface area contributed by atoms with Crippen LogP contribution in [0.4, 0.5) is 5.69 Å². The first-order valence-corrected chi connectivity index (χ1v) is 8.03. The predicted octanol–water partition coefficient (Wildman–Crippen LogP) is 0.932. The molecule has 1 aliphatic heterocycles. The quantitative estimate of drug-likeness (QED) is 0.834. The SMILES string of the molecule is Cc1ccc(N)cc1S(=O)CCN1CCN(C)CC1. The Labute approximate surface area is 118 Å². The number of benzene rings is 1. The van der Waals surface area contributed by atoms with Crippen LogP contribution < -0.4 is 5.73 Å². The van der Waals surface area contributed by atoms with E-state index >= 15 is 0 Å². The first-order valence-electron chi connectivity index (χ1n) is 6.71. The molecule has 0 spiro atoms. The van der Waals surface area contributed by atoms with Crippen LogP contribution in [-0.2, 0) is 10.8 Å². The van der Waals surface area contributed by atoms with Crippen molar-refractivity contribution in [1.29, 1.82) is 0 Å². The van der Waals surface area contributed by atoms with Gasteiger partial charge in [0.15, 0.2) is 0 Å². The van der Waals surface area contributed by atoms with Gasteiger partial charge >= 0.3 is 0 Å². The summed E-state index contributed by atoms with van der Waals surface area (Å²) in [5.41, 5.74) is 7.52. The summed E-state index contributed by atoms with van der Waals surface area (Å²) < 4.78 is 12.3. The van der Waals surface area contributed by atoms with Gasteiger partial charge in [0.1, 0.15) is 0 Å². The van der Waals surface area contributed by atoms with E-state index in [1.165, 1.54) is 0 Å². The van der Waals surface area contributed by atoms with Crippen molar-refractivity contribution in [2.45, 2.75) is 11.8 Å². The Morgan fingerprint density at radius 1 is 1.26 bits per heavy atom. The number of aryl methyl sites for hydroxylation is 1. The lowest BCUT2D eigenvalue weighted by molar-refractivity contribution is 0.161. The zero-order chi connectivity index (χ0) is 13.8. The number of nitrogens with zero attached hydrogens (tertiary/aromatic N) is 2. The normalized spacial score (nSPS) is 19.5. The number of nitrogen functional groups attached to an aromatic ring is 1. The maximum atomic E-state index is 12.3. The largest absolute Gasteiger partial charge is 0.399 e. The number of anilines is 1. The summed E-state index contributed by atoms with van der Waals surface area (Å²) in [6.45, 7) is 7.23. The van der Waals surface area contributed by atoms with E-state index in [4.69, 9.17) is 5.73 Å². The van der Waals surface area contributed by atoms with Gasteiger partial charge in [0.05, 0.1) is 10.8 Å². The predicted molar refractivity (Wildman–Crippen MR) is 80.8 cm³/mol. The van der Waals surface area contributed by atoms with Crippen LogP contribution in [0.2, 0.25) is 0 Å². The van der Waals surface area contributed by atoms with Gasteiger partial charge in [-0.05, 0) is 31.7 Å². The summed E-state index contributed by atoms with van der Waals surface area (Å²) in [6.07, 6.45) is 0. The van der Waals surface area contributed by atoms with E-state index in [-0.39, 0.29) is 0 Å². The van der Waals surface area contributed by atoms with E-state index in [1.54, 1.807) is 0 Å². The molecule has 19 heavy (non-hydrogen) atoms. The van der Waals surface area contributed by atoms with Crippen LogP contribution in [0, 0.1) is 6.92 Å². The molecule has 0 saturated carbocycles. The van der Waals surface area contributed by atoms with Gasteiger partial charge in [0.2, 0.25) is 0 Å². The molecule has 106 valence electrons. The molecule has 0 radical (unpaired) electrons. The van der Waals surface area contributed by atoms with E-state index < -0.39 is 10.8 Å². The monoisotopic (exact) mass is 281 g/mol. The third kappa shape index (κ3) is 4.03. The Morgan fingerprint density at radius 2 is 1.95 bits per heavy atom. The topological polar surface area (TPSA) is 49.6 Å². The molecule has 1 aromatic carbocycles. The molecule has 0 bridgehead atoms. The lowest BCUT2D eigenvalue weighted by Gasteiger charge is -2.32. The number of rotatable bonds is 4. The van der Waals surface area contributed by atoms with Gasteiger partial charge < -0.3 is 10.6 Å². The summed E-state index contributed by atoms with van der Waals surface area (Å²) in [7, 11) is 1.19. The van der Waals surface area contributed by atoms with Crippen molar-refractivity contribution in [2.24, 2.45) is 0 Å². The van der Waals surface area contributed by atoms with Gasteiger partial charge in [0, 0.05) is 49.1 Å². The minimum atomic E-state index is -0.951. The molecular weight excluding hydrogens is 258 g/mol. The highest BCUT2D eigenvalue weighted by atomic mass is 32.2. The summed E-state index contributed by atoms with van der Waals surface area (Å²) in [5, 5.41) is 0. The molecule has 5 heteroatoms. The molecule has 2 rings (SSSR count). The highest BCUT2D eigenvalue weighted by Gasteiger charge is 2.15. The first-order chi connectivity index (χ1) is 9.06. The smallest absolute Gasteiger partial charge is 0.0545 e. The highest BCUT2D eigenvalue weighted by Crippen LogP contribution is 2.17. The molecule has 1 saturated heterocycles. The van der Waals surface area contributed by atoms with Crippen LogP contribution >= 0.6 is 0 Å². The van der Waals surface area contributed by atoms with Crippen molar-refractivity contribution >= 4 is 16.5 Å². The van der Waals surface area contributed by atoms with Gasteiger partial charge in [-0.15, -0.1) is 0 Å². The van der Waals surface area contributed by atoms with Crippen LogP contribution in [0.25, 0.3) is 0 Å². The van der Waals surface area contributed by atoms with Gasteiger partial charge in [-0.3, -0.25) is 9.11 Å². The fourth-order valence-corrected chi connectivity index (χ4v) is 3.59. The molecule has 1 aliphatic rings. The third-order valence-electron chi connectivity index (χ3n) is 3.65. The Hall–Kier alpha value is -0.910. The number of nitrogens with two attached hydrogens (primary N) is 1. The average Bonchev–Trinajstić information content (AvgIpc) is 2.40. The van der Waals surface area contributed by atoms with Crippen LogP contribution in [-0.4, -0.2) is 59.5 Å².